The number of rotatable bonds is 2. The maximum atomic E-state index is 13.3. The minimum absolute atomic E-state index is 0.258. The zero-order valence-electron chi connectivity index (χ0n) is 9.61. The molecule has 3 aromatic rings. The van der Waals surface area contributed by atoms with Crippen LogP contribution in [0.3, 0.4) is 0 Å². The molecular formula is C12H10FN3S2. The number of halogens is 1. The summed E-state index contributed by atoms with van der Waals surface area (Å²) in [7, 11) is 0. The second kappa shape index (κ2) is 4.29. The first-order valence-electron chi connectivity index (χ1n) is 5.42. The van der Waals surface area contributed by atoms with E-state index in [-0.39, 0.29) is 5.82 Å². The summed E-state index contributed by atoms with van der Waals surface area (Å²) in [5, 5.41) is 0. The molecule has 1 N–H and O–H groups in total. The van der Waals surface area contributed by atoms with Crippen molar-refractivity contribution in [1.29, 1.82) is 0 Å². The normalized spacial score (nSPS) is 11.2. The van der Waals surface area contributed by atoms with Gasteiger partial charge < -0.3 is 9.55 Å². The van der Waals surface area contributed by atoms with Crippen LogP contribution >= 0.6 is 23.6 Å². The maximum Gasteiger partial charge on any atom is 0.178 e. The van der Waals surface area contributed by atoms with Gasteiger partial charge in [-0.25, -0.2) is 9.37 Å². The molecule has 0 spiro atoms. The molecule has 0 amide bonds. The fourth-order valence-electron chi connectivity index (χ4n) is 1.90. The van der Waals surface area contributed by atoms with Crippen molar-refractivity contribution in [2.24, 2.45) is 0 Å². The van der Waals surface area contributed by atoms with Gasteiger partial charge in [-0.05, 0) is 37.3 Å². The summed E-state index contributed by atoms with van der Waals surface area (Å²) < 4.78 is 15.8. The van der Waals surface area contributed by atoms with Crippen molar-refractivity contribution in [3.63, 3.8) is 0 Å². The highest BCUT2D eigenvalue weighted by Crippen LogP contribution is 2.20. The molecule has 3 rings (SSSR count). The minimum atomic E-state index is -0.258. The highest BCUT2D eigenvalue weighted by atomic mass is 32.1. The summed E-state index contributed by atoms with van der Waals surface area (Å²) in [5.74, 6) is -0.258. The second-order valence-corrected chi connectivity index (χ2v) is 5.36. The first-order chi connectivity index (χ1) is 8.65. The third-order valence-electron chi connectivity index (χ3n) is 2.88. The highest BCUT2D eigenvalue weighted by molar-refractivity contribution is 7.71. The maximum absolute atomic E-state index is 13.3. The van der Waals surface area contributed by atoms with E-state index >= 15 is 0 Å². The third kappa shape index (κ3) is 1.87. The van der Waals surface area contributed by atoms with Crippen LogP contribution in [0.5, 0.6) is 0 Å². The Morgan fingerprint density at radius 2 is 2.33 bits per heavy atom. The third-order valence-corrected chi connectivity index (χ3v) is 4.13. The van der Waals surface area contributed by atoms with Crippen molar-refractivity contribution in [1.82, 2.24) is 14.5 Å². The summed E-state index contributed by atoms with van der Waals surface area (Å²) in [4.78, 5) is 8.43. The number of nitrogens with zero attached hydrogens (tertiary/aromatic N) is 2. The molecule has 0 unspecified atom stereocenters. The van der Waals surface area contributed by atoms with Crippen molar-refractivity contribution in [2.45, 2.75) is 13.5 Å². The molecule has 0 aliphatic carbocycles. The summed E-state index contributed by atoms with van der Waals surface area (Å²) in [6.07, 6.45) is 0. The van der Waals surface area contributed by atoms with Crippen LogP contribution in [0.15, 0.2) is 23.7 Å². The Kier molecular flexibility index (Phi) is 2.76. The smallest absolute Gasteiger partial charge is 0.178 e. The Morgan fingerprint density at radius 1 is 1.50 bits per heavy atom. The predicted octanol–water partition coefficient (Wildman–Crippen LogP) is 3.65. The van der Waals surface area contributed by atoms with Gasteiger partial charge in [-0.3, -0.25) is 0 Å². The van der Waals surface area contributed by atoms with Crippen molar-refractivity contribution >= 4 is 34.6 Å². The Labute approximate surface area is 112 Å². The monoisotopic (exact) mass is 279 g/mol. The molecule has 3 nitrogen and oxygen atoms in total. The standard InChI is InChI=1S/C12H10FN3S2/c1-7-11(18-6-14-7)5-16-10-4-8(13)2-3-9(10)15-12(16)17/h2-4,6H,5H2,1H3,(H,15,17). The Morgan fingerprint density at radius 3 is 3.06 bits per heavy atom. The number of benzene rings is 1. The summed E-state index contributed by atoms with van der Waals surface area (Å²) in [6.45, 7) is 2.59. The molecule has 0 saturated heterocycles. The Hall–Kier alpha value is -1.53. The number of hydrogen-bond donors (Lipinski definition) is 1. The van der Waals surface area contributed by atoms with Crippen molar-refractivity contribution in [3.8, 4) is 0 Å². The van der Waals surface area contributed by atoms with E-state index in [0.717, 1.165) is 21.6 Å². The summed E-state index contributed by atoms with van der Waals surface area (Å²) in [6, 6.07) is 4.63. The molecule has 92 valence electrons. The number of aryl methyl sites for hydroxylation is 1. The van der Waals surface area contributed by atoms with Gasteiger partial charge in [-0.1, -0.05) is 0 Å². The molecule has 2 aromatic heterocycles. The highest BCUT2D eigenvalue weighted by Gasteiger charge is 2.08. The average molecular weight is 279 g/mol. The first kappa shape index (κ1) is 11.6. The molecule has 0 fully saturated rings. The lowest BCUT2D eigenvalue weighted by Gasteiger charge is -2.03. The topological polar surface area (TPSA) is 33.6 Å². The molecule has 0 aliphatic rings. The van der Waals surface area contributed by atoms with Gasteiger partial charge in [0, 0.05) is 4.88 Å². The van der Waals surface area contributed by atoms with E-state index in [0.29, 0.717) is 11.3 Å². The SMILES string of the molecule is Cc1ncsc1Cn1c(=S)[nH]c2ccc(F)cc21. The number of imidazole rings is 1. The van der Waals surface area contributed by atoms with Gasteiger partial charge in [0.25, 0.3) is 0 Å². The van der Waals surface area contributed by atoms with Crippen LogP contribution in [0.25, 0.3) is 11.0 Å². The molecule has 0 bridgehead atoms. The molecule has 0 aliphatic heterocycles. The number of fused-ring (bicyclic) bond motifs is 1. The average Bonchev–Trinajstić information content (AvgIpc) is 2.86. The lowest BCUT2D eigenvalue weighted by molar-refractivity contribution is 0.628. The number of nitrogens with one attached hydrogen (secondary N) is 1. The number of thiazole rings is 1. The van der Waals surface area contributed by atoms with Gasteiger partial charge in [-0.2, -0.15) is 0 Å². The zero-order valence-corrected chi connectivity index (χ0v) is 11.2. The Bertz CT molecular complexity index is 769. The molecule has 0 radical (unpaired) electrons. The summed E-state index contributed by atoms with van der Waals surface area (Å²) in [5.41, 5.74) is 4.44. The van der Waals surface area contributed by atoms with Gasteiger partial charge in [0.05, 0.1) is 28.8 Å². The Balaban J connectivity index is 2.17. The lowest BCUT2D eigenvalue weighted by atomic mass is 10.3. The van der Waals surface area contributed by atoms with Gasteiger partial charge in [0.1, 0.15) is 5.82 Å². The molecule has 0 saturated carbocycles. The fourth-order valence-corrected chi connectivity index (χ4v) is 2.94. The van der Waals surface area contributed by atoms with Crippen LogP contribution in [0.2, 0.25) is 0 Å². The number of hydrogen-bond acceptors (Lipinski definition) is 3. The fraction of sp³-hybridized carbons (Fsp3) is 0.167. The van der Waals surface area contributed by atoms with Crippen LogP contribution < -0.4 is 0 Å². The summed E-state index contributed by atoms with van der Waals surface area (Å²) >= 11 is 6.87. The van der Waals surface area contributed by atoms with Crippen molar-refractivity contribution in [2.75, 3.05) is 0 Å². The molecule has 1 aromatic carbocycles. The lowest BCUT2D eigenvalue weighted by Crippen LogP contribution is -1.99. The van der Waals surface area contributed by atoms with E-state index in [9.17, 15) is 4.39 Å². The predicted molar refractivity (Wildman–Crippen MR) is 73.0 cm³/mol. The molecule has 6 heteroatoms. The van der Waals surface area contributed by atoms with Crippen LogP contribution in [-0.4, -0.2) is 14.5 Å². The zero-order chi connectivity index (χ0) is 12.7. The van der Waals surface area contributed by atoms with E-state index in [4.69, 9.17) is 12.2 Å². The van der Waals surface area contributed by atoms with Crippen molar-refractivity contribution in [3.05, 3.63) is 44.9 Å². The number of aromatic nitrogens is 3. The largest absolute Gasteiger partial charge is 0.331 e. The second-order valence-electron chi connectivity index (χ2n) is 4.04. The first-order valence-corrected chi connectivity index (χ1v) is 6.71. The van der Waals surface area contributed by atoms with Crippen LogP contribution in [0.1, 0.15) is 10.6 Å². The van der Waals surface area contributed by atoms with Gasteiger partial charge >= 0.3 is 0 Å². The quantitative estimate of drug-likeness (QED) is 0.726. The van der Waals surface area contributed by atoms with E-state index < -0.39 is 0 Å². The van der Waals surface area contributed by atoms with Crippen LogP contribution in [0, 0.1) is 17.5 Å². The number of aromatic amines is 1. The van der Waals surface area contributed by atoms with Gasteiger partial charge in [0.2, 0.25) is 0 Å². The van der Waals surface area contributed by atoms with E-state index in [1.807, 2.05) is 17.0 Å². The van der Waals surface area contributed by atoms with Gasteiger partial charge in [-0.15, -0.1) is 11.3 Å². The van der Waals surface area contributed by atoms with Gasteiger partial charge in [0.15, 0.2) is 4.77 Å². The molecule has 0 atom stereocenters. The molecule has 2 heterocycles. The molecule has 18 heavy (non-hydrogen) atoms. The van der Waals surface area contributed by atoms with E-state index in [1.165, 1.54) is 12.1 Å². The van der Waals surface area contributed by atoms with Crippen LogP contribution in [-0.2, 0) is 6.54 Å². The number of H-pyrrole nitrogens is 1. The van der Waals surface area contributed by atoms with Crippen LogP contribution in [0.4, 0.5) is 4.39 Å². The van der Waals surface area contributed by atoms with Crippen molar-refractivity contribution < 1.29 is 4.39 Å². The van der Waals surface area contributed by atoms with E-state index in [2.05, 4.69) is 9.97 Å². The van der Waals surface area contributed by atoms with E-state index in [1.54, 1.807) is 17.4 Å². The minimum Gasteiger partial charge on any atom is -0.331 e. The molecular weight excluding hydrogens is 269 g/mol.